The van der Waals surface area contributed by atoms with Crippen molar-refractivity contribution >= 4 is 23.9 Å². The van der Waals surface area contributed by atoms with Gasteiger partial charge in [-0.2, -0.15) is 0 Å². The summed E-state index contributed by atoms with van der Waals surface area (Å²) in [5.41, 5.74) is -1.45. The quantitative estimate of drug-likeness (QED) is 0.482. The van der Waals surface area contributed by atoms with E-state index in [1.165, 1.54) is 30.3 Å². The molecule has 33 heavy (non-hydrogen) atoms. The summed E-state index contributed by atoms with van der Waals surface area (Å²) in [6.45, 7) is 7.02. The van der Waals surface area contributed by atoms with Crippen LogP contribution in [0.25, 0.3) is 0 Å². The highest BCUT2D eigenvalue weighted by atomic mass is 16.6. The lowest BCUT2D eigenvalue weighted by atomic mass is 10.0. The number of hydrogen-bond donors (Lipinski definition) is 2. The molecule has 0 radical (unpaired) electrons. The van der Waals surface area contributed by atoms with Crippen LogP contribution in [0.4, 0.5) is 0 Å². The molecule has 2 rings (SSSR count). The number of esters is 2. The third kappa shape index (κ3) is 6.09. The minimum absolute atomic E-state index is 0.118. The van der Waals surface area contributed by atoms with Crippen LogP contribution in [0.1, 0.15) is 82.0 Å². The van der Waals surface area contributed by atoms with E-state index in [2.05, 4.69) is 0 Å². The van der Waals surface area contributed by atoms with E-state index < -0.39 is 47.2 Å². The summed E-state index contributed by atoms with van der Waals surface area (Å²) in [6, 6.07) is 7.84. The second-order valence-corrected chi connectivity index (χ2v) is 7.32. The van der Waals surface area contributed by atoms with Crippen molar-refractivity contribution in [2.45, 2.75) is 52.7 Å². The lowest BCUT2D eigenvalue weighted by molar-refractivity contribution is 0.0282. The third-order valence-corrected chi connectivity index (χ3v) is 4.91. The molecule has 0 aliphatic carbocycles. The number of ether oxygens (including phenoxy) is 3. The van der Waals surface area contributed by atoms with Crippen LogP contribution in [0.2, 0.25) is 0 Å². The molecule has 2 unspecified atom stereocenters. The van der Waals surface area contributed by atoms with Gasteiger partial charge >= 0.3 is 23.9 Å². The van der Waals surface area contributed by atoms with Gasteiger partial charge in [0.25, 0.3) is 0 Å². The molecular weight excluding hydrogens is 432 g/mol. The smallest absolute Gasteiger partial charge is 0.343 e. The van der Waals surface area contributed by atoms with Crippen molar-refractivity contribution in [2.75, 3.05) is 0 Å². The number of benzene rings is 2. The predicted octanol–water partition coefficient (Wildman–Crippen LogP) is 4.79. The molecule has 9 nitrogen and oxygen atoms in total. The van der Waals surface area contributed by atoms with Gasteiger partial charge in [0, 0.05) is 0 Å². The first-order valence-corrected chi connectivity index (χ1v) is 10.4. The Labute approximate surface area is 190 Å². The lowest BCUT2D eigenvalue weighted by Crippen LogP contribution is -2.21. The Bertz CT molecular complexity index is 1060. The van der Waals surface area contributed by atoms with Crippen molar-refractivity contribution in [2.24, 2.45) is 0 Å². The van der Waals surface area contributed by atoms with Crippen LogP contribution in [-0.4, -0.2) is 46.3 Å². The number of carbonyl (C=O) groups is 4. The van der Waals surface area contributed by atoms with Crippen molar-refractivity contribution in [1.29, 1.82) is 0 Å². The van der Waals surface area contributed by atoms with Crippen molar-refractivity contribution < 1.29 is 43.6 Å². The Morgan fingerprint density at radius 3 is 1.70 bits per heavy atom. The fraction of sp³-hybridized carbons (Fsp3) is 0.333. The molecular formula is C24H26O9. The Morgan fingerprint density at radius 2 is 1.21 bits per heavy atom. The molecule has 0 amide bonds. The molecule has 0 aromatic heterocycles. The largest absolute Gasteiger partial charge is 0.478 e. The van der Waals surface area contributed by atoms with Crippen molar-refractivity contribution in [3.63, 3.8) is 0 Å². The highest BCUT2D eigenvalue weighted by molar-refractivity contribution is 6.06. The maximum atomic E-state index is 13.0. The number of rotatable bonds is 10. The first-order valence-electron chi connectivity index (χ1n) is 10.4. The van der Waals surface area contributed by atoms with Gasteiger partial charge in [-0.05, 0) is 51.0 Å². The van der Waals surface area contributed by atoms with Crippen LogP contribution in [-0.2, 0) is 9.47 Å². The van der Waals surface area contributed by atoms with Crippen LogP contribution >= 0.6 is 0 Å². The average molecular weight is 458 g/mol. The van der Waals surface area contributed by atoms with Gasteiger partial charge in [-0.25, -0.2) is 19.2 Å². The van der Waals surface area contributed by atoms with Gasteiger partial charge in [-0.1, -0.05) is 26.0 Å². The van der Waals surface area contributed by atoms with Crippen LogP contribution in [0.3, 0.4) is 0 Å². The summed E-state index contributed by atoms with van der Waals surface area (Å²) >= 11 is 0. The zero-order valence-electron chi connectivity index (χ0n) is 18.8. The van der Waals surface area contributed by atoms with E-state index in [0.717, 1.165) is 6.07 Å². The monoisotopic (exact) mass is 458 g/mol. The van der Waals surface area contributed by atoms with Crippen molar-refractivity contribution in [1.82, 2.24) is 0 Å². The van der Waals surface area contributed by atoms with Crippen LogP contribution in [0.15, 0.2) is 36.4 Å². The highest BCUT2D eigenvalue weighted by Crippen LogP contribution is 2.33. The predicted molar refractivity (Wildman–Crippen MR) is 117 cm³/mol. The lowest BCUT2D eigenvalue weighted by Gasteiger charge is -2.18. The van der Waals surface area contributed by atoms with Crippen molar-refractivity contribution in [3.05, 3.63) is 58.7 Å². The number of carboxylic acids is 2. The second kappa shape index (κ2) is 11.1. The molecule has 9 heteroatoms. The number of aromatic carboxylic acids is 2. The molecule has 2 N–H and O–H groups in total. The van der Waals surface area contributed by atoms with Gasteiger partial charge in [-0.15, -0.1) is 0 Å². The minimum atomic E-state index is -1.53. The summed E-state index contributed by atoms with van der Waals surface area (Å²) in [4.78, 5) is 49.0. The number of carboxylic acid groups (broad SMARTS) is 2. The van der Waals surface area contributed by atoms with Crippen LogP contribution in [0, 0.1) is 0 Å². The van der Waals surface area contributed by atoms with E-state index in [1.54, 1.807) is 13.8 Å². The van der Waals surface area contributed by atoms with Gasteiger partial charge in [0.05, 0.1) is 23.3 Å². The molecule has 2 aromatic carbocycles. The zero-order valence-corrected chi connectivity index (χ0v) is 18.8. The molecule has 0 aliphatic heterocycles. The summed E-state index contributed by atoms with van der Waals surface area (Å²) in [5.74, 6) is -5.11. The van der Waals surface area contributed by atoms with Gasteiger partial charge < -0.3 is 24.4 Å². The summed E-state index contributed by atoms with van der Waals surface area (Å²) in [5, 5.41) is 18.9. The van der Waals surface area contributed by atoms with Gasteiger partial charge in [0.15, 0.2) is 0 Å². The van der Waals surface area contributed by atoms with E-state index in [0.29, 0.717) is 12.8 Å². The zero-order chi connectivity index (χ0) is 24.7. The normalized spacial score (nSPS) is 12.4. The first kappa shape index (κ1) is 25.4. The van der Waals surface area contributed by atoms with E-state index in [-0.39, 0.29) is 22.6 Å². The fourth-order valence-electron chi connectivity index (χ4n) is 2.78. The topological polar surface area (TPSA) is 136 Å². The van der Waals surface area contributed by atoms with Crippen LogP contribution in [0.5, 0.6) is 11.5 Å². The van der Waals surface area contributed by atoms with E-state index in [1.807, 2.05) is 13.8 Å². The Hall–Kier alpha value is -3.88. The molecule has 176 valence electrons. The molecule has 0 spiro atoms. The average Bonchev–Trinajstić information content (AvgIpc) is 2.78. The molecule has 0 aliphatic rings. The van der Waals surface area contributed by atoms with Gasteiger partial charge in [0.1, 0.15) is 22.6 Å². The Morgan fingerprint density at radius 1 is 0.727 bits per heavy atom. The molecule has 2 aromatic rings. The van der Waals surface area contributed by atoms with E-state index in [4.69, 9.17) is 14.2 Å². The summed E-state index contributed by atoms with van der Waals surface area (Å²) in [6.07, 6.45) is 0.198. The summed E-state index contributed by atoms with van der Waals surface area (Å²) < 4.78 is 16.4. The first-order chi connectivity index (χ1) is 15.6. The maximum absolute atomic E-state index is 13.0. The van der Waals surface area contributed by atoms with Gasteiger partial charge in [-0.3, -0.25) is 0 Å². The Kier molecular flexibility index (Phi) is 8.56. The summed E-state index contributed by atoms with van der Waals surface area (Å²) in [7, 11) is 0. The standard InChI is InChI=1S/C24H26O9/c1-5-13(3)31-23(29)16-10-8-12-18(20(16)24(30)32-14(4)6-2)33-17-11-7-9-15(21(25)26)19(17)22(27)28/h7-14H,5-6H2,1-4H3,(H,25,26)(H,27,28). The highest BCUT2D eigenvalue weighted by Gasteiger charge is 2.28. The third-order valence-electron chi connectivity index (χ3n) is 4.91. The molecule has 0 fully saturated rings. The van der Waals surface area contributed by atoms with E-state index in [9.17, 15) is 29.4 Å². The van der Waals surface area contributed by atoms with Gasteiger partial charge in [0.2, 0.25) is 0 Å². The second-order valence-electron chi connectivity index (χ2n) is 7.32. The minimum Gasteiger partial charge on any atom is -0.478 e. The molecule has 0 saturated carbocycles. The molecule has 0 saturated heterocycles. The molecule has 0 heterocycles. The van der Waals surface area contributed by atoms with Crippen LogP contribution < -0.4 is 4.74 Å². The molecule has 0 bridgehead atoms. The van der Waals surface area contributed by atoms with E-state index >= 15 is 0 Å². The number of hydrogen-bond acceptors (Lipinski definition) is 7. The van der Waals surface area contributed by atoms with Crippen molar-refractivity contribution in [3.8, 4) is 11.5 Å². The maximum Gasteiger partial charge on any atom is 0.343 e. The Balaban J connectivity index is 2.64. The SMILES string of the molecule is CCC(C)OC(=O)c1cccc(Oc2cccc(C(=O)O)c2C(=O)O)c1C(=O)OC(C)CC. The fourth-order valence-corrected chi connectivity index (χ4v) is 2.78. The number of carbonyl (C=O) groups excluding carboxylic acids is 2. The molecule has 2 atom stereocenters.